The number of aldehydes is 1. The Morgan fingerprint density at radius 1 is 1.13 bits per heavy atom. The molecule has 31 heavy (non-hydrogen) atoms. The first-order valence-corrected chi connectivity index (χ1v) is 9.95. The molecule has 160 valence electrons. The van der Waals surface area contributed by atoms with Crippen LogP contribution >= 0.6 is 0 Å². The molecule has 0 radical (unpaired) electrons. The van der Waals surface area contributed by atoms with Gasteiger partial charge < -0.3 is 9.53 Å². The summed E-state index contributed by atoms with van der Waals surface area (Å²) < 4.78 is 32.7. The van der Waals surface area contributed by atoms with Gasteiger partial charge in [-0.25, -0.2) is 8.78 Å². The number of hydrogen-bond donors (Lipinski definition) is 0. The smallest absolute Gasteiger partial charge is 0.230 e. The number of aryl methyl sites for hydroxylation is 1. The molecule has 1 unspecified atom stereocenters. The predicted octanol–water partition coefficient (Wildman–Crippen LogP) is 4.67. The van der Waals surface area contributed by atoms with E-state index in [-0.39, 0.29) is 42.8 Å². The molecule has 0 bridgehead atoms. The first-order chi connectivity index (χ1) is 14.9. The largest absolute Gasteiger partial charge is 0.485 e. The lowest BCUT2D eigenvalue weighted by molar-refractivity contribution is -0.122. The number of carbonyl (C=O) groups is 3. The molecular formula is C25H22F2O4. The van der Waals surface area contributed by atoms with E-state index in [9.17, 15) is 23.2 Å². The summed E-state index contributed by atoms with van der Waals surface area (Å²) in [5.74, 6) is -2.82. The fraction of sp³-hybridized carbons (Fsp3) is 0.240. The number of Topliss-reactive ketones (excluding diaryl/α,β-unsaturated/α-hetero) is 2. The molecule has 0 N–H and O–H groups in total. The van der Waals surface area contributed by atoms with Crippen LogP contribution in [0.2, 0.25) is 0 Å². The fourth-order valence-electron chi connectivity index (χ4n) is 3.46. The number of rotatable bonds is 9. The lowest BCUT2D eigenvalue weighted by Crippen LogP contribution is -2.25. The fourth-order valence-corrected chi connectivity index (χ4v) is 3.46. The van der Waals surface area contributed by atoms with Gasteiger partial charge in [-0.2, -0.15) is 0 Å². The summed E-state index contributed by atoms with van der Waals surface area (Å²) in [7, 11) is 0. The molecular weight excluding hydrogens is 402 g/mol. The predicted molar refractivity (Wildman–Crippen MR) is 111 cm³/mol. The van der Waals surface area contributed by atoms with E-state index >= 15 is 0 Å². The maximum absolute atomic E-state index is 13.9. The van der Waals surface area contributed by atoms with Crippen molar-refractivity contribution in [2.24, 2.45) is 5.92 Å². The summed E-state index contributed by atoms with van der Waals surface area (Å²) >= 11 is 0. The summed E-state index contributed by atoms with van der Waals surface area (Å²) in [4.78, 5) is 36.9. The second kappa shape index (κ2) is 10.1. The highest BCUT2D eigenvalue weighted by Crippen LogP contribution is 2.31. The van der Waals surface area contributed by atoms with E-state index in [0.717, 1.165) is 24.0 Å². The molecule has 0 spiro atoms. The average molecular weight is 424 g/mol. The maximum atomic E-state index is 13.9. The van der Waals surface area contributed by atoms with Gasteiger partial charge in [-0.15, -0.1) is 0 Å². The van der Waals surface area contributed by atoms with Crippen molar-refractivity contribution in [3.8, 4) is 0 Å². The normalized spacial score (nSPS) is 16.2. The van der Waals surface area contributed by atoms with Gasteiger partial charge >= 0.3 is 0 Å². The second-order valence-electron chi connectivity index (χ2n) is 7.36. The highest BCUT2D eigenvalue weighted by molar-refractivity contribution is 6.26. The second-order valence-corrected chi connectivity index (χ2v) is 7.36. The minimum atomic E-state index is -0.738. The number of allylic oxidation sites excluding steroid dienone is 3. The molecule has 0 amide bonds. The van der Waals surface area contributed by atoms with E-state index in [1.807, 2.05) is 30.3 Å². The number of hydrogen-bond acceptors (Lipinski definition) is 4. The van der Waals surface area contributed by atoms with Crippen LogP contribution in [-0.2, 0) is 32.1 Å². The van der Waals surface area contributed by atoms with Crippen molar-refractivity contribution in [1.29, 1.82) is 0 Å². The quantitative estimate of drug-likeness (QED) is 0.434. The lowest BCUT2D eigenvalue weighted by Gasteiger charge is -2.23. The topological polar surface area (TPSA) is 60.4 Å². The molecule has 0 heterocycles. The summed E-state index contributed by atoms with van der Waals surface area (Å²) in [6.45, 7) is 1.85. The zero-order valence-corrected chi connectivity index (χ0v) is 17.1. The molecule has 2 aromatic carbocycles. The number of halogens is 2. The van der Waals surface area contributed by atoms with Gasteiger partial charge in [0.05, 0.1) is 5.57 Å². The molecule has 1 aliphatic carbocycles. The van der Waals surface area contributed by atoms with Crippen LogP contribution in [0.15, 0.2) is 71.5 Å². The van der Waals surface area contributed by atoms with Crippen molar-refractivity contribution in [2.45, 2.75) is 32.8 Å². The number of carbonyl (C=O) groups excluding carboxylic acids is 3. The van der Waals surface area contributed by atoms with Crippen LogP contribution < -0.4 is 0 Å². The van der Waals surface area contributed by atoms with Crippen molar-refractivity contribution in [1.82, 2.24) is 0 Å². The van der Waals surface area contributed by atoms with Crippen LogP contribution in [-0.4, -0.2) is 17.9 Å². The summed E-state index contributed by atoms with van der Waals surface area (Å²) in [6, 6.07) is 12.4. The molecule has 3 rings (SSSR count). The van der Waals surface area contributed by atoms with Gasteiger partial charge in [-0.1, -0.05) is 42.5 Å². The van der Waals surface area contributed by atoms with Crippen molar-refractivity contribution >= 4 is 17.9 Å². The molecule has 0 saturated heterocycles. The zero-order chi connectivity index (χ0) is 22.4. The third-order valence-corrected chi connectivity index (χ3v) is 5.25. The van der Waals surface area contributed by atoms with Crippen molar-refractivity contribution in [3.05, 3.63) is 94.3 Å². The molecule has 0 aliphatic heterocycles. The highest BCUT2D eigenvalue weighted by Gasteiger charge is 2.32. The molecule has 2 aromatic rings. The third kappa shape index (κ3) is 5.40. The van der Waals surface area contributed by atoms with E-state index in [4.69, 9.17) is 4.74 Å². The first-order valence-electron chi connectivity index (χ1n) is 9.95. The lowest BCUT2D eigenvalue weighted by atomic mass is 9.84. The maximum Gasteiger partial charge on any atom is 0.230 e. The number of ketones is 2. The Kier molecular flexibility index (Phi) is 7.23. The first kappa shape index (κ1) is 22.3. The van der Waals surface area contributed by atoms with Gasteiger partial charge in [0, 0.05) is 24.8 Å². The van der Waals surface area contributed by atoms with Gasteiger partial charge in [0.1, 0.15) is 24.5 Å². The van der Waals surface area contributed by atoms with E-state index in [1.54, 1.807) is 6.92 Å². The monoisotopic (exact) mass is 424 g/mol. The van der Waals surface area contributed by atoms with Crippen LogP contribution in [0.1, 0.15) is 30.9 Å². The summed E-state index contributed by atoms with van der Waals surface area (Å²) in [5, 5.41) is 0. The average Bonchev–Trinajstić information content (AvgIpc) is 2.75. The Hall–Kier alpha value is -3.41. The van der Waals surface area contributed by atoms with Crippen LogP contribution in [0.4, 0.5) is 8.78 Å². The van der Waals surface area contributed by atoms with Crippen LogP contribution in [0, 0.1) is 17.6 Å². The highest BCUT2D eigenvalue weighted by atomic mass is 19.1. The Morgan fingerprint density at radius 2 is 1.87 bits per heavy atom. The molecule has 0 saturated carbocycles. The van der Waals surface area contributed by atoms with Crippen LogP contribution in [0.3, 0.4) is 0 Å². The van der Waals surface area contributed by atoms with E-state index in [2.05, 4.69) is 0 Å². The molecule has 0 fully saturated rings. The molecule has 1 aliphatic rings. The van der Waals surface area contributed by atoms with E-state index in [0.29, 0.717) is 5.57 Å². The summed E-state index contributed by atoms with van der Waals surface area (Å²) in [5.41, 5.74) is 1.57. The molecule has 0 aromatic heterocycles. The van der Waals surface area contributed by atoms with Gasteiger partial charge in [-0.05, 0) is 36.1 Å². The molecule has 6 heteroatoms. The van der Waals surface area contributed by atoms with Crippen LogP contribution in [0.5, 0.6) is 0 Å². The zero-order valence-electron chi connectivity index (χ0n) is 17.1. The number of benzene rings is 2. The van der Waals surface area contributed by atoms with Crippen molar-refractivity contribution in [3.63, 3.8) is 0 Å². The van der Waals surface area contributed by atoms with Gasteiger partial charge in [0.2, 0.25) is 5.78 Å². The minimum absolute atomic E-state index is 0.0246. The van der Waals surface area contributed by atoms with Gasteiger partial charge in [0.15, 0.2) is 11.5 Å². The Bertz CT molecular complexity index is 1050. The number of ether oxygens (including phenoxy) is 1. The van der Waals surface area contributed by atoms with Crippen molar-refractivity contribution < 1.29 is 27.9 Å². The molecule has 4 nitrogen and oxygen atoms in total. The van der Waals surface area contributed by atoms with Gasteiger partial charge in [0.25, 0.3) is 0 Å². The minimum Gasteiger partial charge on any atom is -0.485 e. The van der Waals surface area contributed by atoms with E-state index in [1.165, 1.54) is 12.1 Å². The van der Waals surface area contributed by atoms with Gasteiger partial charge in [-0.3, -0.25) is 9.59 Å². The molecule has 1 atom stereocenters. The standard InChI is InChI=1S/C25H22F2O4/c1-16-19(11-12-28)13-21(23(29)10-8-18-7-9-20(26)14-22(18)27)24(30)25(16)31-15-17-5-3-2-4-6-17/h2-7,9,12-14,19H,8,10-11,15H2,1H3. The van der Waals surface area contributed by atoms with Crippen LogP contribution in [0.25, 0.3) is 0 Å². The Labute approximate surface area is 179 Å². The SMILES string of the molecule is CC1=C(OCc2ccccc2)C(=O)C(C(=O)CCc2ccc(F)cc2F)=CC1CC=O. The Balaban J connectivity index is 1.77. The van der Waals surface area contributed by atoms with Crippen molar-refractivity contribution in [2.75, 3.05) is 0 Å². The Morgan fingerprint density at radius 3 is 2.55 bits per heavy atom. The van der Waals surface area contributed by atoms with E-state index < -0.39 is 29.1 Å². The third-order valence-electron chi connectivity index (χ3n) is 5.25. The summed E-state index contributed by atoms with van der Waals surface area (Å²) in [6.07, 6.45) is 2.23.